The molecule has 102 valence electrons. The molecule has 0 atom stereocenters. The van der Waals surface area contributed by atoms with E-state index in [4.69, 9.17) is 5.26 Å². The van der Waals surface area contributed by atoms with Crippen molar-refractivity contribution in [3.63, 3.8) is 0 Å². The second kappa shape index (κ2) is 5.30. The highest BCUT2D eigenvalue weighted by atomic mass is 16.2. The molecule has 0 aromatic heterocycles. The van der Waals surface area contributed by atoms with Crippen LogP contribution in [0.3, 0.4) is 0 Å². The summed E-state index contributed by atoms with van der Waals surface area (Å²) >= 11 is 0. The van der Waals surface area contributed by atoms with Gasteiger partial charge in [-0.1, -0.05) is 20.8 Å². The summed E-state index contributed by atoms with van der Waals surface area (Å²) in [5.74, 6) is 0.857. The van der Waals surface area contributed by atoms with Crippen LogP contribution in [0.5, 0.6) is 0 Å². The van der Waals surface area contributed by atoms with Gasteiger partial charge in [0.05, 0.1) is 6.07 Å². The van der Waals surface area contributed by atoms with Crippen LogP contribution in [0.4, 0.5) is 0 Å². The smallest absolute Gasteiger partial charge is 0.224 e. The van der Waals surface area contributed by atoms with Gasteiger partial charge in [0.2, 0.25) is 5.91 Å². The van der Waals surface area contributed by atoms with Crippen molar-refractivity contribution in [3.05, 3.63) is 0 Å². The number of rotatable bonds is 2. The summed E-state index contributed by atoms with van der Waals surface area (Å²) in [4.78, 5) is 12.1. The highest BCUT2D eigenvalue weighted by Crippen LogP contribution is 2.39. The second-order valence-corrected chi connectivity index (χ2v) is 7.14. The minimum Gasteiger partial charge on any atom is -0.338 e. The van der Waals surface area contributed by atoms with E-state index in [9.17, 15) is 4.79 Å². The Hall–Kier alpha value is -1.04. The molecule has 0 saturated heterocycles. The first-order valence-electron chi connectivity index (χ1n) is 6.89. The average molecular weight is 250 g/mol. The van der Waals surface area contributed by atoms with Gasteiger partial charge in [0, 0.05) is 5.92 Å². The van der Waals surface area contributed by atoms with Crippen molar-refractivity contribution in [1.29, 1.82) is 5.26 Å². The van der Waals surface area contributed by atoms with E-state index < -0.39 is 5.54 Å². The SMILES string of the molecule is CC(C)(C#N)NC(=O)C1CCC(C(C)(C)C)CC1. The van der Waals surface area contributed by atoms with Crippen molar-refractivity contribution < 1.29 is 4.79 Å². The molecule has 1 fully saturated rings. The first-order valence-corrected chi connectivity index (χ1v) is 6.89. The maximum Gasteiger partial charge on any atom is 0.224 e. The molecule has 3 heteroatoms. The summed E-state index contributed by atoms with van der Waals surface area (Å²) < 4.78 is 0. The lowest BCUT2D eigenvalue weighted by atomic mass is 9.69. The molecule has 1 rings (SSSR count). The number of nitrogens with zero attached hydrogens (tertiary/aromatic N) is 1. The largest absolute Gasteiger partial charge is 0.338 e. The van der Waals surface area contributed by atoms with Crippen molar-refractivity contribution in [1.82, 2.24) is 5.32 Å². The standard InChI is InChI=1S/C15H26N2O/c1-14(2,3)12-8-6-11(7-9-12)13(18)17-15(4,5)10-16/h11-12H,6-9H2,1-5H3,(H,17,18). The Balaban J connectivity index is 2.49. The first kappa shape index (κ1) is 15.0. The van der Waals surface area contributed by atoms with Crippen LogP contribution in [-0.2, 0) is 4.79 Å². The zero-order chi connectivity index (χ0) is 14.0. The first-order chi connectivity index (χ1) is 8.15. The minimum atomic E-state index is -0.752. The predicted molar refractivity (Wildman–Crippen MR) is 72.7 cm³/mol. The Labute approximate surface area is 111 Å². The molecular weight excluding hydrogens is 224 g/mol. The van der Waals surface area contributed by atoms with Crippen molar-refractivity contribution >= 4 is 5.91 Å². The quantitative estimate of drug-likeness (QED) is 0.818. The normalized spacial score (nSPS) is 25.3. The summed E-state index contributed by atoms with van der Waals surface area (Å²) in [5.41, 5.74) is -0.411. The van der Waals surface area contributed by atoms with Gasteiger partial charge >= 0.3 is 0 Å². The zero-order valence-corrected chi connectivity index (χ0v) is 12.3. The van der Waals surface area contributed by atoms with Crippen LogP contribution >= 0.6 is 0 Å². The van der Waals surface area contributed by atoms with Crippen molar-refractivity contribution in [2.45, 2.75) is 65.8 Å². The molecule has 1 N–H and O–H groups in total. The van der Waals surface area contributed by atoms with Crippen LogP contribution in [0.2, 0.25) is 0 Å². The highest BCUT2D eigenvalue weighted by molar-refractivity contribution is 5.79. The van der Waals surface area contributed by atoms with E-state index in [1.54, 1.807) is 13.8 Å². The molecule has 3 nitrogen and oxygen atoms in total. The molecule has 1 amide bonds. The lowest BCUT2D eigenvalue weighted by Gasteiger charge is -2.37. The lowest BCUT2D eigenvalue weighted by Crippen LogP contribution is -2.46. The number of carbonyl (C=O) groups is 1. The van der Waals surface area contributed by atoms with Gasteiger partial charge in [-0.2, -0.15) is 5.26 Å². The number of nitrogens with one attached hydrogen (secondary N) is 1. The molecule has 0 unspecified atom stereocenters. The molecule has 1 aliphatic rings. The fraction of sp³-hybridized carbons (Fsp3) is 0.867. The number of hydrogen-bond donors (Lipinski definition) is 1. The maximum atomic E-state index is 12.1. The number of nitriles is 1. The van der Waals surface area contributed by atoms with Gasteiger partial charge in [0.15, 0.2) is 0 Å². The van der Waals surface area contributed by atoms with Crippen LogP contribution in [0.25, 0.3) is 0 Å². The fourth-order valence-electron chi connectivity index (χ4n) is 2.66. The van der Waals surface area contributed by atoms with Gasteiger partial charge < -0.3 is 5.32 Å². The van der Waals surface area contributed by atoms with Gasteiger partial charge in [-0.15, -0.1) is 0 Å². The molecule has 0 heterocycles. The number of hydrogen-bond acceptors (Lipinski definition) is 2. The molecule has 0 aromatic rings. The van der Waals surface area contributed by atoms with Crippen molar-refractivity contribution in [2.75, 3.05) is 0 Å². The maximum absolute atomic E-state index is 12.1. The van der Waals surface area contributed by atoms with Gasteiger partial charge in [-0.25, -0.2) is 0 Å². The Morgan fingerprint density at radius 2 is 1.61 bits per heavy atom. The predicted octanol–water partition coefficient (Wildman–Crippen LogP) is 3.26. The Kier molecular flexibility index (Phi) is 4.42. The average Bonchev–Trinajstić information content (AvgIpc) is 2.27. The minimum absolute atomic E-state index is 0.0499. The molecular formula is C15H26N2O. The third-order valence-corrected chi connectivity index (χ3v) is 4.04. The second-order valence-electron chi connectivity index (χ2n) is 7.14. The Bertz CT molecular complexity index is 338. The molecule has 1 saturated carbocycles. The van der Waals surface area contributed by atoms with E-state index in [1.807, 2.05) is 0 Å². The molecule has 18 heavy (non-hydrogen) atoms. The van der Waals surface area contributed by atoms with E-state index in [1.165, 1.54) is 0 Å². The van der Waals surface area contributed by atoms with Crippen LogP contribution in [0.15, 0.2) is 0 Å². The molecule has 0 radical (unpaired) electrons. The summed E-state index contributed by atoms with van der Waals surface area (Å²) in [6.45, 7) is 10.3. The third kappa shape index (κ3) is 4.01. The van der Waals surface area contributed by atoms with E-state index in [0.717, 1.165) is 25.7 Å². The molecule has 0 aliphatic heterocycles. The zero-order valence-electron chi connectivity index (χ0n) is 12.3. The van der Waals surface area contributed by atoms with Crippen molar-refractivity contribution in [2.24, 2.45) is 17.3 Å². The van der Waals surface area contributed by atoms with Crippen LogP contribution in [0, 0.1) is 28.6 Å². The number of carbonyl (C=O) groups excluding carboxylic acids is 1. The molecule has 0 aromatic carbocycles. The Morgan fingerprint density at radius 1 is 1.11 bits per heavy atom. The summed E-state index contributed by atoms with van der Waals surface area (Å²) in [6.07, 6.45) is 4.15. The highest BCUT2D eigenvalue weighted by Gasteiger charge is 2.33. The van der Waals surface area contributed by atoms with Gasteiger partial charge in [0.1, 0.15) is 5.54 Å². The molecule has 1 aliphatic carbocycles. The van der Waals surface area contributed by atoms with Gasteiger partial charge in [0.25, 0.3) is 0 Å². The van der Waals surface area contributed by atoms with Crippen LogP contribution < -0.4 is 5.32 Å². The van der Waals surface area contributed by atoms with E-state index in [2.05, 4.69) is 32.2 Å². The van der Waals surface area contributed by atoms with Gasteiger partial charge in [-0.3, -0.25) is 4.79 Å². The van der Waals surface area contributed by atoms with E-state index in [0.29, 0.717) is 11.3 Å². The molecule has 0 spiro atoms. The molecule has 0 bridgehead atoms. The third-order valence-electron chi connectivity index (χ3n) is 4.04. The lowest BCUT2D eigenvalue weighted by molar-refractivity contribution is -0.127. The monoisotopic (exact) mass is 250 g/mol. The number of amides is 1. The Morgan fingerprint density at radius 3 is 2.00 bits per heavy atom. The topological polar surface area (TPSA) is 52.9 Å². The van der Waals surface area contributed by atoms with Crippen LogP contribution in [0.1, 0.15) is 60.3 Å². The van der Waals surface area contributed by atoms with E-state index >= 15 is 0 Å². The summed E-state index contributed by atoms with van der Waals surface area (Å²) in [6, 6.07) is 2.11. The van der Waals surface area contributed by atoms with Gasteiger partial charge in [-0.05, 0) is 50.9 Å². The van der Waals surface area contributed by atoms with E-state index in [-0.39, 0.29) is 11.8 Å². The summed E-state index contributed by atoms with van der Waals surface area (Å²) in [5, 5.41) is 11.8. The fourth-order valence-corrected chi connectivity index (χ4v) is 2.66. The van der Waals surface area contributed by atoms with Crippen molar-refractivity contribution in [3.8, 4) is 6.07 Å². The van der Waals surface area contributed by atoms with Crippen LogP contribution in [-0.4, -0.2) is 11.4 Å². The summed E-state index contributed by atoms with van der Waals surface area (Å²) in [7, 11) is 0.